The molecule has 0 amide bonds. The van der Waals surface area contributed by atoms with E-state index < -0.39 is 0 Å². The van der Waals surface area contributed by atoms with E-state index in [1.807, 2.05) is 19.9 Å². The zero-order chi connectivity index (χ0) is 13.2. The molecule has 0 unspecified atom stereocenters. The first-order valence-corrected chi connectivity index (χ1v) is 7.13. The van der Waals surface area contributed by atoms with E-state index in [1.165, 1.54) is 19.3 Å². The molecule has 0 spiro atoms. The van der Waals surface area contributed by atoms with Crippen LogP contribution in [0.3, 0.4) is 0 Å². The Morgan fingerprint density at radius 3 is 2.84 bits per heavy atom. The van der Waals surface area contributed by atoms with Gasteiger partial charge in [-0.3, -0.25) is 4.40 Å². The fourth-order valence-corrected chi connectivity index (χ4v) is 2.97. The Bertz CT molecular complexity index is 568. The van der Waals surface area contributed by atoms with Gasteiger partial charge in [0.15, 0.2) is 5.65 Å². The second kappa shape index (κ2) is 5.25. The van der Waals surface area contributed by atoms with Crippen molar-refractivity contribution < 1.29 is 0 Å². The van der Waals surface area contributed by atoms with Crippen LogP contribution >= 0.6 is 0 Å². The minimum absolute atomic E-state index is 0.826. The van der Waals surface area contributed by atoms with Gasteiger partial charge in [-0.2, -0.15) is 0 Å². The number of piperidine rings is 1. The van der Waals surface area contributed by atoms with Crippen molar-refractivity contribution in [3.8, 4) is 0 Å². The smallest absolute Gasteiger partial charge is 0.164 e. The van der Waals surface area contributed by atoms with Gasteiger partial charge in [-0.05, 0) is 52.1 Å². The lowest BCUT2D eigenvalue weighted by molar-refractivity contribution is 0.352. The zero-order valence-electron chi connectivity index (χ0n) is 11.7. The molecule has 102 valence electrons. The first-order valence-electron chi connectivity index (χ1n) is 7.13. The normalized spacial score (nSPS) is 17.2. The van der Waals surface area contributed by atoms with Crippen molar-refractivity contribution in [2.75, 3.05) is 13.1 Å². The molecule has 5 nitrogen and oxygen atoms in total. The average molecular weight is 259 g/mol. The lowest BCUT2D eigenvalue weighted by atomic mass is 9.93. The maximum Gasteiger partial charge on any atom is 0.164 e. The van der Waals surface area contributed by atoms with Gasteiger partial charge in [-0.1, -0.05) is 0 Å². The van der Waals surface area contributed by atoms with Crippen LogP contribution in [-0.2, 0) is 6.42 Å². The Morgan fingerprint density at radius 1 is 1.26 bits per heavy atom. The summed E-state index contributed by atoms with van der Waals surface area (Å²) in [6.45, 7) is 6.34. The predicted molar refractivity (Wildman–Crippen MR) is 74.2 cm³/mol. The van der Waals surface area contributed by atoms with Crippen LogP contribution in [0.25, 0.3) is 5.65 Å². The predicted octanol–water partition coefficient (Wildman–Crippen LogP) is 1.67. The first kappa shape index (κ1) is 12.5. The number of fused-ring (bicyclic) bond motifs is 1. The van der Waals surface area contributed by atoms with Crippen LogP contribution in [0.5, 0.6) is 0 Å². The Labute approximate surface area is 113 Å². The van der Waals surface area contributed by atoms with E-state index in [0.29, 0.717) is 0 Å². The fourth-order valence-electron chi connectivity index (χ4n) is 2.97. The van der Waals surface area contributed by atoms with Crippen LogP contribution in [-0.4, -0.2) is 32.7 Å². The number of aryl methyl sites for hydroxylation is 3. The van der Waals surface area contributed by atoms with E-state index in [0.717, 1.165) is 48.4 Å². The summed E-state index contributed by atoms with van der Waals surface area (Å²) in [5.74, 6) is 2.87. The molecule has 1 fully saturated rings. The lowest BCUT2D eigenvalue weighted by Crippen LogP contribution is -2.28. The molecule has 0 bridgehead atoms. The Morgan fingerprint density at radius 2 is 2.05 bits per heavy atom. The van der Waals surface area contributed by atoms with E-state index >= 15 is 0 Å². The maximum absolute atomic E-state index is 4.50. The highest BCUT2D eigenvalue weighted by molar-refractivity contribution is 5.39. The summed E-state index contributed by atoms with van der Waals surface area (Å²) in [5.41, 5.74) is 1.92. The van der Waals surface area contributed by atoms with Gasteiger partial charge in [0, 0.05) is 18.2 Å². The number of nitrogens with zero attached hydrogens (tertiary/aromatic N) is 4. The summed E-state index contributed by atoms with van der Waals surface area (Å²) in [7, 11) is 0. The summed E-state index contributed by atoms with van der Waals surface area (Å²) in [6, 6.07) is 1.99. The molecule has 0 aromatic carbocycles. The lowest BCUT2D eigenvalue weighted by Gasteiger charge is -2.22. The van der Waals surface area contributed by atoms with Gasteiger partial charge in [0.2, 0.25) is 0 Å². The largest absolute Gasteiger partial charge is 0.317 e. The number of nitrogens with one attached hydrogen (secondary N) is 1. The Hall–Kier alpha value is -1.49. The summed E-state index contributed by atoms with van der Waals surface area (Å²) >= 11 is 0. The monoisotopic (exact) mass is 259 g/mol. The Balaban J connectivity index is 1.77. The number of hydrogen-bond acceptors (Lipinski definition) is 4. The molecule has 0 aliphatic carbocycles. The third-order valence-electron chi connectivity index (χ3n) is 3.99. The van der Waals surface area contributed by atoms with Gasteiger partial charge < -0.3 is 5.32 Å². The molecule has 0 radical (unpaired) electrons. The highest BCUT2D eigenvalue weighted by Gasteiger charge is 2.15. The Kier molecular flexibility index (Phi) is 3.46. The van der Waals surface area contributed by atoms with Crippen molar-refractivity contribution >= 4 is 5.65 Å². The van der Waals surface area contributed by atoms with Crippen LogP contribution < -0.4 is 5.32 Å². The second-order valence-corrected chi connectivity index (χ2v) is 5.49. The molecule has 1 aliphatic heterocycles. The van der Waals surface area contributed by atoms with Crippen molar-refractivity contribution in [1.82, 2.24) is 24.9 Å². The highest BCUT2D eigenvalue weighted by atomic mass is 15.3. The molecule has 3 heterocycles. The third kappa shape index (κ3) is 2.61. The average Bonchev–Trinajstić information content (AvgIpc) is 2.81. The van der Waals surface area contributed by atoms with E-state index in [1.54, 1.807) is 0 Å². The molecule has 5 heteroatoms. The number of hydrogen-bond donors (Lipinski definition) is 1. The molecule has 19 heavy (non-hydrogen) atoms. The van der Waals surface area contributed by atoms with E-state index in [4.69, 9.17) is 0 Å². The fraction of sp³-hybridized carbons (Fsp3) is 0.643. The van der Waals surface area contributed by atoms with Gasteiger partial charge in [0.1, 0.15) is 11.6 Å². The number of rotatable bonds is 3. The number of aromatic nitrogens is 4. The van der Waals surface area contributed by atoms with Crippen molar-refractivity contribution in [1.29, 1.82) is 0 Å². The molecular weight excluding hydrogens is 238 g/mol. The molecular formula is C14H21N5. The van der Waals surface area contributed by atoms with Crippen LogP contribution in [0.15, 0.2) is 6.07 Å². The summed E-state index contributed by atoms with van der Waals surface area (Å²) in [5, 5.41) is 12.0. The van der Waals surface area contributed by atoms with E-state index in [-0.39, 0.29) is 0 Å². The minimum Gasteiger partial charge on any atom is -0.317 e. The summed E-state index contributed by atoms with van der Waals surface area (Å²) < 4.78 is 2.09. The third-order valence-corrected chi connectivity index (χ3v) is 3.99. The highest BCUT2D eigenvalue weighted by Crippen LogP contribution is 2.19. The van der Waals surface area contributed by atoms with Crippen LogP contribution in [0.2, 0.25) is 0 Å². The topological polar surface area (TPSA) is 55.1 Å². The van der Waals surface area contributed by atoms with Gasteiger partial charge in [0.25, 0.3) is 0 Å². The van der Waals surface area contributed by atoms with Gasteiger partial charge >= 0.3 is 0 Å². The first-order chi connectivity index (χ1) is 9.24. The standard InChI is InChI=1S/C14H21N5/c1-10-9-14-18-17-13(19(14)11(2)16-10)4-3-12-5-7-15-8-6-12/h9,12,15H,3-8H2,1-2H3. The van der Waals surface area contributed by atoms with Crippen molar-refractivity contribution in [2.45, 2.75) is 39.5 Å². The van der Waals surface area contributed by atoms with Gasteiger partial charge in [-0.25, -0.2) is 4.98 Å². The summed E-state index contributed by atoms with van der Waals surface area (Å²) in [4.78, 5) is 4.50. The molecule has 3 rings (SSSR count). The molecule has 0 atom stereocenters. The minimum atomic E-state index is 0.826. The molecule has 1 saturated heterocycles. The zero-order valence-corrected chi connectivity index (χ0v) is 11.7. The molecule has 2 aromatic heterocycles. The van der Waals surface area contributed by atoms with Crippen LogP contribution in [0.1, 0.15) is 36.6 Å². The van der Waals surface area contributed by atoms with E-state index in [2.05, 4.69) is 24.9 Å². The molecule has 1 aliphatic rings. The SMILES string of the molecule is Cc1cc2nnc(CCC3CCNCC3)n2c(C)n1. The molecule has 0 saturated carbocycles. The molecule has 1 N–H and O–H groups in total. The second-order valence-electron chi connectivity index (χ2n) is 5.49. The van der Waals surface area contributed by atoms with Crippen LogP contribution in [0.4, 0.5) is 0 Å². The van der Waals surface area contributed by atoms with Gasteiger partial charge in [0.05, 0.1) is 0 Å². The molecule has 2 aromatic rings. The van der Waals surface area contributed by atoms with Crippen molar-refractivity contribution in [2.24, 2.45) is 5.92 Å². The maximum atomic E-state index is 4.50. The van der Waals surface area contributed by atoms with E-state index in [9.17, 15) is 0 Å². The van der Waals surface area contributed by atoms with Crippen molar-refractivity contribution in [3.05, 3.63) is 23.4 Å². The van der Waals surface area contributed by atoms with Crippen LogP contribution in [0, 0.1) is 19.8 Å². The van der Waals surface area contributed by atoms with Crippen molar-refractivity contribution in [3.63, 3.8) is 0 Å². The van der Waals surface area contributed by atoms with Gasteiger partial charge in [-0.15, -0.1) is 10.2 Å². The quantitative estimate of drug-likeness (QED) is 0.911. The summed E-state index contributed by atoms with van der Waals surface area (Å²) in [6.07, 6.45) is 4.77.